The van der Waals surface area contributed by atoms with Crippen LogP contribution in [0, 0.1) is 18.2 Å². The van der Waals surface area contributed by atoms with Crippen LogP contribution in [-0.4, -0.2) is 25.5 Å². The predicted octanol–water partition coefficient (Wildman–Crippen LogP) is 1.23. The number of terminal acetylenes is 1. The molecule has 0 radical (unpaired) electrons. The monoisotopic (exact) mass is 305 g/mol. The molecule has 8 heteroatoms. The molecule has 1 rings (SSSR count). The lowest BCUT2D eigenvalue weighted by Crippen LogP contribution is -2.40. The van der Waals surface area contributed by atoms with Crippen LogP contribution in [0.25, 0.3) is 0 Å². The summed E-state index contributed by atoms with van der Waals surface area (Å²) in [7, 11) is -4.20. The van der Waals surface area contributed by atoms with Crippen LogP contribution in [0.1, 0.15) is 6.42 Å². The number of aliphatic carboxylic acids is 1. The van der Waals surface area contributed by atoms with Gasteiger partial charge in [0.25, 0.3) is 0 Å². The van der Waals surface area contributed by atoms with Crippen molar-refractivity contribution in [2.45, 2.75) is 17.4 Å². The van der Waals surface area contributed by atoms with Crippen molar-refractivity contribution in [2.24, 2.45) is 0 Å². The van der Waals surface area contributed by atoms with Crippen molar-refractivity contribution < 1.29 is 22.7 Å². The summed E-state index contributed by atoms with van der Waals surface area (Å²) in [6, 6.07) is 1.18. The summed E-state index contributed by atoms with van der Waals surface area (Å²) < 4.78 is 38.5. The number of sulfonamides is 1. The standard InChI is InChI=1S/C11H9ClFNO4S/c1-2-3-9(11(15)16)14-19(17,18)10-5-4-7(13)6-8(10)12/h1,4-6,9,14H,3H2,(H,15,16). The Morgan fingerprint density at radius 2 is 2.21 bits per heavy atom. The summed E-state index contributed by atoms with van der Waals surface area (Å²) in [6.45, 7) is 0. The molecule has 2 N–H and O–H groups in total. The van der Waals surface area contributed by atoms with Gasteiger partial charge in [-0.15, -0.1) is 12.3 Å². The Labute approximate surface area is 114 Å². The highest BCUT2D eigenvalue weighted by molar-refractivity contribution is 7.89. The van der Waals surface area contributed by atoms with Crippen LogP contribution in [-0.2, 0) is 14.8 Å². The second kappa shape index (κ2) is 6.02. The van der Waals surface area contributed by atoms with Crippen molar-refractivity contribution >= 4 is 27.6 Å². The van der Waals surface area contributed by atoms with Gasteiger partial charge in [-0.3, -0.25) is 4.79 Å². The second-order valence-corrected chi connectivity index (χ2v) is 5.58. The Balaban J connectivity index is 3.11. The van der Waals surface area contributed by atoms with E-state index in [1.807, 2.05) is 10.6 Å². The summed E-state index contributed by atoms with van der Waals surface area (Å²) in [5, 5.41) is 8.46. The highest BCUT2D eigenvalue weighted by atomic mass is 35.5. The van der Waals surface area contributed by atoms with E-state index in [-0.39, 0.29) is 11.4 Å². The van der Waals surface area contributed by atoms with Crippen LogP contribution in [0.15, 0.2) is 23.1 Å². The molecular weight excluding hydrogens is 297 g/mol. The third-order valence-corrected chi connectivity index (χ3v) is 4.06. The maximum absolute atomic E-state index is 12.8. The molecular formula is C11H9ClFNO4S. The number of hydrogen-bond donors (Lipinski definition) is 2. The number of carbonyl (C=O) groups is 1. The maximum Gasteiger partial charge on any atom is 0.322 e. The highest BCUT2D eigenvalue weighted by Gasteiger charge is 2.26. The third-order valence-electron chi connectivity index (χ3n) is 2.10. The molecule has 5 nitrogen and oxygen atoms in total. The van der Waals surface area contributed by atoms with Gasteiger partial charge in [0.15, 0.2) is 0 Å². The van der Waals surface area contributed by atoms with Gasteiger partial charge in [0, 0.05) is 6.42 Å². The van der Waals surface area contributed by atoms with Crippen molar-refractivity contribution in [3.63, 3.8) is 0 Å². The van der Waals surface area contributed by atoms with E-state index in [1.165, 1.54) is 0 Å². The summed E-state index contributed by atoms with van der Waals surface area (Å²) >= 11 is 5.61. The van der Waals surface area contributed by atoms with Gasteiger partial charge in [-0.1, -0.05) is 11.6 Å². The topological polar surface area (TPSA) is 83.5 Å². The first-order valence-electron chi connectivity index (χ1n) is 4.91. The molecule has 0 amide bonds. The zero-order valence-corrected chi connectivity index (χ0v) is 11.0. The molecule has 1 unspecified atom stereocenters. The Morgan fingerprint density at radius 3 is 2.68 bits per heavy atom. The molecule has 1 aromatic carbocycles. The van der Waals surface area contributed by atoms with Gasteiger partial charge >= 0.3 is 5.97 Å². The van der Waals surface area contributed by atoms with Gasteiger partial charge in [-0.25, -0.2) is 12.8 Å². The zero-order chi connectivity index (χ0) is 14.6. The molecule has 19 heavy (non-hydrogen) atoms. The fraction of sp³-hybridized carbons (Fsp3) is 0.182. The molecule has 0 aliphatic carbocycles. The lowest BCUT2D eigenvalue weighted by molar-refractivity contribution is -0.138. The molecule has 0 fully saturated rings. The van der Waals surface area contributed by atoms with Crippen LogP contribution in [0.2, 0.25) is 5.02 Å². The van der Waals surface area contributed by atoms with Gasteiger partial charge in [-0.2, -0.15) is 4.72 Å². The number of hydrogen-bond acceptors (Lipinski definition) is 3. The van der Waals surface area contributed by atoms with E-state index in [0.29, 0.717) is 0 Å². The van der Waals surface area contributed by atoms with E-state index < -0.39 is 32.7 Å². The molecule has 1 atom stereocenters. The Morgan fingerprint density at radius 1 is 1.58 bits per heavy atom. The fourth-order valence-corrected chi connectivity index (χ4v) is 2.96. The Hall–Kier alpha value is -1.62. The van der Waals surface area contributed by atoms with Crippen molar-refractivity contribution in [3.05, 3.63) is 29.0 Å². The first kappa shape index (κ1) is 15.4. The first-order chi connectivity index (χ1) is 8.77. The minimum Gasteiger partial charge on any atom is -0.480 e. The van der Waals surface area contributed by atoms with Crippen LogP contribution in [0.3, 0.4) is 0 Å². The van der Waals surface area contributed by atoms with Crippen LogP contribution >= 0.6 is 11.6 Å². The van der Waals surface area contributed by atoms with Crippen LogP contribution < -0.4 is 4.72 Å². The highest BCUT2D eigenvalue weighted by Crippen LogP contribution is 2.22. The Bertz CT molecular complexity index is 639. The van der Waals surface area contributed by atoms with E-state index in [9.17, 15) is 17.6 Å². The minimum atomic E-state index is -4.20. The van der Waals surface area contributed by atoms with Gasteiger partial charge < -0.3 is 5.11 Å². The molecule has 0 spiro atoms. The van der Waals surface area contributed by atoms with Gasteiger partial charge in [0.05, 0.1) is 5.02 Å². The summed E-state index contributed by atoms with van der Waals surface area (Å²) in [4.78, 5) is 10.4. The van der Waals surface area contributed by atoms with E-state index in [4.69, 9.17) is 23.1 Å². The fourth-order valence-electron chi connectivity index (χ4n) is 1.24. The number of carboxylic acid groups (broad SMARTS) is 1. The molecule has 0 aliphatic rings. The normalized spacial score (nSPS) is 12.7. The van der Waals surface area contributed by atoms with E-state index in [0.717, 1.165) is 18.2 Å². The molecule has 1 aromatic rings. The zero-order valence-electron chi connectivity index (χ0n) is 9.43. The second-order valence-electron chi connectivity index (χ2n) is 3.50. The average Bonchev–Trinajstić information content (AvgIpc) is 2.27. The maximum atomic E-state index is 12.8. The molecule has 0 saturated heterocycles. The van der Waals surface area contributed by atoms with Crippen LogP contribution in [0.5, 0.6) is 0 Å². The number of benzene rings is 1. The van der Waals surface area contributed by atoms with E-state index >= 15 is 0 Å². The van der Waals surface area contributed by atoms with Crippen LogP contribution in [0.4, 0.5) is 4.39 Å². The van der Waals surface area contributed by atoms with E-state index in [2.05, 4.69) is 0 Å². The quantitative estimate of drug-likeness (QED) is 0.802. The largest absolute Gasteiger partial charge is 0.480 e. The minimum absolute atomic E-state index is 0.326. The number of carboxylic acids is 1. The third kappa shape index (κ3) is 3.92. The molecule has 0 saturated carbocycles. The van der Waals surface area contributed by atoms with Gasteiger partial charge in [0.1, 0.15) is 16.8 Å². The van der Waals surface area contributed by atoms with Crippen molar-refractivity contribution in [1.29, 1.82) is 0 Å². The molecule has 0 bridgehead atoms. The van der Waals surface area contributed by atoms with E-state index in [1.54, 1.807) is 0 Å². The van der Waals surface area contributed by atoms with Gasteiger partial charge in [0.2, 0.25) is 10.0 Å². The SMILES string of the molecule is C#CCC(NS(=O)(=O)c1ccc(F)cc1Cl)C(=O)O. The summed E-state index contributed by atoms with van der Waals surface area (Å²) in [6.07, 6.45) is 4.62. The van der Waals surface area contributed by atoms with Crippen molar-refractivity contribution in [1.82, 2.24) is 4.72 Å². The lowest BCUT2D eigenvalue weighted by atomic mass is 10.2. The summed E-state index contributed by atoms with van der Waals surface area (Å²) in [5.74, 6) is -0.0769. The summed E-state index contributed by atoms with van der Waals surface area (Å²) in [5.41, 5.74) is 0. The molecule has 102 valence electrons. The van der Waals surface area contributed by atoms with Crippen molar-refractivity contribution in [3.8, 4) is 12.3 Å². The number of halogens is 2. The van der Waals surface area contributed by atoms with Gasteiger partial charge in [-0.05, 0) is 18.2 Å². The Kier molecular flexibility index (Phi) is 4.89. The molecule has 0 heterocycles. The molecule has 0 aromatic heterocycles. The number of nitrogens with one attached hydrogen (secondary N) is 1. The lowest BCUT2D eigenvalue weighted by Gasteiger charge is -2.13. The predicted molar refractivity (Wildman–Crippen MR) is 66.6 cm³/mol. The molecule has 0 aliphatic heterocycles. The average molecular weight is 306 g/mol. The number of rotatable bonds is 5. The first-order valence-corrected chi connectivity index (χ1v) is 6.77. The van der Waals surface area contributed by atoms with Crippen molar-refractivity contribution in [2.75, 3.05) is 0 Å². The smallest absolute Gasteiger partial charge is 0.322 e.